The van der Waals surface area contributed by atoms with E-state index in [0.717, 1.165) is 10.9 Å². The summed E-state index contributed by atoms with van der Waals surface area (Å²) < 4.78 is 37.8. The average molecular weight is 320 g/mol. The largest absolute Gasteiger partial charge is 0.403 e. The molecule has 0 saturated heterocycles. The molecule has 0 fully saturated rings. The summed E-state index contributed by atoms with van der Waals surface area (Å²) in [6.07, 6.45) is 0. The lowest BCUT2D eigenvalue weighted by molar-refractivity contribution is 0.483. The number of hydrogen-bond acceptors (Lipinski definition) is 5. The molecule has 0 aliphatic heterocycles. The molecule has 7 nitrogen and oxygen atoms in total. The van der Waals surface area contributed by atoms with Gasteiger partial charge in [-0.15, -0.1) is 0 Å². The zero-order valence-corrected chi connectivity index (χ0v) is 12.6. The highest BCUT2D eigenvalue weighted by molar-refractivity contribution is 7.85. The van der Waals surface area contributed by atoms with Crippen LogP contribution in [0.2, 0.25) is 0 Å². The Morgan fingerprint density at radius 3 is 2.41 bits per heavy atom. The van der Waals surface area contributed by atoms with E-state index in [1.54, 1.807) is 13.8 Å². The summed E-state index contributed by atoms with van der Waals surface area (Å²) in [5, 5.41) is 5.06. The summed E-state index contributed by atoms with van der Waals surface area (Å²) in [4.78, 5) is 11.3. The molecule has 0 atom stereocenters. The van der Waals surface area contributed by atoms with Crippen LogP contribution in [-0.4, -0.2) is 22.8 Å². The van der Waals surface area contributed by atoms with Gasteiger partial charge in [-0.1, -0.05) is 0 Å². The topological polar surface area (TPSA) is 102 Å². The van der Waals surface area contributed by atoms with Crippen molar-refractivity contribution in [2.75, 3.05) is 0 Å². The molecule has 0 spiro atoms. The molecule has 0 bridgehead atoms. The number of hydrogen-bond donors (Lipinski definition) is 1. The highest BCUT2D eigenvalue weighted by atomic mass is 32.2. The van der Waals surface area contributed by atoms with Gasteiger partial charge in [0.1, 0.15) is 0 Å². The predicted octanol–water partition coefficient (Wildman–Crippen LogP) is 1.84. The van der Waals surface area contributed by atoms with Crippen LogP contribution in [-0.2, 0) is 10.1 Å². The molecule has 1 N–H and O–H groups in total. The van der Waals surface area contributed by atoms with E-state index >= 15 is 0 Å². The van der Waals surface area contributed by atoms with Crippen LogP contribution in [0.1, 0.15) is 11.3 Å². The van der Waals surface area contributed by atoms with Gasteiger partial charge in [0.25, 0.3) is 10.1 Å². The van der Waals surface area contributed by atoms with Crippen LogP contribution in [0.4, 0.5) is 0 Å². The summed E-state index contributed by atoms with van der Waals surface area (Å²) in [5.41, 5.74) is 1.77. The second-order valence-corrected chi connectivity index (χ2v) is 6.32. The first-order chi connectivity index (χ1) is 10.3. The quantitative estimate of drug-likeness (QED) is 0.723. The lowest BCUT2D eigenvalue weighted by Gasteiger charge is -2.03. The third-order valence-corrected chi connectivity index (χ3v) is 4.19. The summed E-state index contributed by atoms with van der Waals surface area (Å²) >= 11 is 0. The van der Waals surface area contributed by atoms with Crippen molar-refractivity contribution in [2.24, 2.45) is 0 Å². The van der Waals surface area contributed by atoms with Crippen molar-refractivity contribution in [2.45, 2.75) is 18.7 Å². The Kier molecular flexibility index (Phi) is 3.15. The highest BCUT2D eigenvalue weighted by Gasteiger charge is 2.15. The van der Waals surface area contributed by atoms with Crippen LogP contribution in [0.15, 0.2) is 44.4 Å². The number of aromatic nitrogens is 2. The van der Waals surface area contributed by atoms with Crippen molar-refractivity contribution in [1.29, 1.82) is 0 Å². The van der Waals surface area contributed by atoms with E-state index in [2.05, 4.69) is 5.10 Å². The Hall–Kier alpha value is -2.45. The molecule has 0 aliphatic carbocycles. The van der Waals surface area contributed by atoms with Gasteiger partial charge in [0.2, 0.25) is 5.71 Å². The Morgan fingerprint density at radius 2 is 1.82 bits per heavy atom. The van der Waals surface area contributed by atoms with Gasteiger partial charge in [-0.25, -0.2) is 4.79 Å². The van der Waals surface area contributed by atoms with Crippen molar-refractivity contribution in [3.05, 3.63) is 52.0 Å². The summed E-state index contributed by atoms with van der Waals surface area (Å²) in [5.74, 6) is 0. The SMILES string of the molecule is Cc1cc(=O)oc2c1c(C)nn2-c1ccc(S(=O)(=O)O)cc1. The van der Waals surface area contributed by atoms with E-state index in [1.807, 2.05) is 0 Å². The lowest BCUT2D eigenvalue weighted by Crippen LogP contribution is -2.03. The molecule has 3 aromatic rings. The van der Waals surface area contributed by atoms with E-state index in [4.69, 9.17) is 8.97 Å². The van der Waals surface area contributed by atoms with E-state index in [1.165, 1.54) is 35.0 Å². The van der Waals surface area contributed by atoms with Crippen molar-refractivity contribution in [1.82, 2.24) is 9.78 Å². The van der Waals surface area contributed by atoms with Gasteiger partial charge in [-0.2, -0.15) is 18.2 Å². The molecule has 2 aromatic heterocycles. The summed E-state index contributed by atoms with van der Waals surface area (Å²) in [6.45, 7) is 3.58. The molecular weight excluding hydrogens is 308 g/mol. The first-order valence-corrected chi connectivity index (χ1v) is 7.79. The fraction of sp³-hybridized carbons (Fsp3) is 0.143. The molecule has 3 rings (SSSR count). The van der Waals surface area contributed by atoms with Crippen molar-refractivity contribution in [3.63, 3.8) is 0 Å². The second-order valence-electron chi connectivity index (χ2n) is 4.89. The van der Waals surface area contributed by atoms with Crippen molar-refractivity contribution in [3.8, 4) is 5.69 Å². The van der Waals surface area contributed by atoms with Crippen LogP contribution < -0.4 is 5.63 Å². The number of rotatable bonds is 2. The standard InChI is InChI=1S/C14H12N2O5S/c1-8-7-12(17)21-14-13(8)9(2)15-16(14)10-3-5-11(6-4-10)22(18,19)20/h3-7H,1-2H3,(H,18,19,20). The lowest BCUT2D eigenvalue weighted by atomic mass is 10.2. The van der Waals surface area contributed by atoms with Gasteiger partial charge in [0.15, 0.2) is 0 Å². The minimum absolute atomic E-state index is 0.220. The Morgan fingerprint density at radius 1 is 1.18 bits per heavy atom. The zero-order valence-electron chi connectivity index (χ0n) is 11.8. The molecule has 0 amide bonds. The molecule has 8 heteroatoms. The van der Waals surface area contributed by atoms with E-state index in [9.17, 15) is 13.2 Å². The third kappa shape index (κ3) is 2.32. The van der Waals surface area contributed by atoms with Gasteiger partial charge in [-0.3, -0.25) is 4.55 Å². The second kappa shape index (κ2) is 4.79. The van der Waals surface area contributed by atoms with E-state index in [-0.39, 0.29) is 4.90 Å². The minimum atomic E-state index is -4.26. The molecule has 0 saturated carbocycles. The maximum absolute atomic E-state index is 11.6. The van der Waals surface area contributed by atoms with E-state index < -0.39 is 15.7 Å². The normalized spacial score (nSPS) is 12.0. The monoisotopic (exact) mass is 320 g/mol. The predicted molar refractivity (Wildman–Crippen MR) is 78.9 cm³/mol. The fourth-order valence-corrected chi connectivity index (χ4v) is 2.84. The first-order valence-electron chi connectivity index (χ1n) is 6.35. The zero-order chi connectivity index (χ0) is 16.1. The maximum Gasteiger partial charge on any atom is 0.337 e. The number of benzene rings is 1. The van der Waals surface area contributed by atoms with Gasteiger partial charge in [-0.05, 0) is 43.7 Å². The van der Waals surface area contributed by atoms with Gasteiger partial charge in [0, 0.05) is 6.07 Å². The maximum atomic E-state index is 11.6. The van der Waals surface area contributed by atoms with Crippen molar-refractivity contribution < 1.29 is 17.4 Å². The molecule has 22 heavy (non-hydrogen) atoms. The van der Waals surface area contributed by atoms with Gasteiger partial charge < -0.3 is 4.42 Å². The van der Waals surface area contributed by atoms with Crippen molar-refractivity contribution >= 4 is 21.2 Å². The number of fused-ring (bicyclic) bond motifs is 1. The molecule has 0 aliphatic rings. The Balaban J connectivity index is 2.25. The number of nitrogens with zero attached hydrogens (tertiary/aromatic N) is 2. The molecule has 0 unspecified atom stereocenters. The van der Waals surface area contributed by atoms with Crippen LogP contribution in [0, 0.1) is 13.8 Å². The number of aryl methyl sites for hydroxylation is 2. The molecule has 1 aromatic carbocycles. The van der Waals surface area contributed by atoms with Gasteiger partial charge in [0.05, 0.1) is 21.7 Å². The highest BCUT2D eigenvalue weighted by Crippen LogP contribution is 2.24. The molecule has 0 radical (unpaired) electrons. The average Bonchev–Trinajstić information content (AvgIpc) is 2.75. The molecule has 2 heterocycles. The Labute approximate surface area is 125 Å². The molecule has 114 valence electrons. The minimum Gasteiger partial charge on any atom is -0.403 e. The fourth-order valence-electron chi connectivity index (χ4n) is 2.36. The summed E-state index contributed by atoms with van der Waals surface area (Å²) in [6, 6.07) is 6.83. The smallest absolute Gasteiger partial charge is 0.337 e. The van der Waals surface area contributed by atoms with Crippen LogP contribution in [0.3, 0.4) is 0 Å². The summed E-state index contributed by atoms with van der Waals surface area (Å²) in [7, 11) is -4.26. The van der Waals surface area contributed by atoms with E-state index in [0.29, 0.717) is 17.1 Å². The van der Waals surface area contributed by atoms with Crippen LogP contribution in [0.25, 0.3) is 16.8 Å². The van der Waals surface area contributed by atoms with Crippen LogP contribution in [0.5, 0.6) is 0 Å². The first kappa shape index (κ1) is 14.5. The van der Waals surface area contributed by atoms with Gasteiger partial charge >= 0.3 is 5.63 Å². The third-order valence-electron chi connectivity index (χ3n) is 3.32. The Bertz CT molecular complexity index is 1030. The van der Waals surface area contributed by atoms with Crippen LogP contribution >= 0.6 is 0 Å². The molecular formula is C14H12N2O5S.